The van der Waals surface area contributed by atoms with Crippen molar-refractivity contribution < 1.29 is 14.2 Å². The summed E-state index contributed by atoms with van der Waals surface area (Å²) in [4.78, 5) is 0. The van der Waals surface area contributed by atoms with Gasteiger partial charge in [0.25, 0.3) is 0 Å². The Labute approximate surface area is 117 Å². The normalized spacial score (nSPS) is 24.8. The van der Waals surface area contributed by atoms with Crippen molar-refractivity contribution in [2.45, 2.75) is 24.5 Å². The number of alkyl halides is 1. The predicted molar refractivity (Wildman–Crippen MR) is 75.4 cm³/mol. The van der Waals surface area contributed by atoms with Gasteiger partial charge in [0.05, 0.1) is 12.3 Å². The first-order valence-corrected chi connectivity index (χ1v) is 6.82. The van der Waals surface area contributed by atoms with Gasteiger partial charge in [-0.15, -0.1) is 0 Å². The first-order valence-electron chi connectivity index (χ1n) is 6.82. The third-order valence-corrected chi connectivity index (χ3v) is 3.86. The van der Waals surface area contributed by atoms with Crippen LogP contribution in [0.15, 0.2) is 54.6 Å². The highest BCUT2D eigenvalue weighted by Gasteiger charge is 2.40. The van der Waals surface area contributed by atoms with Crippen LogP contribution in [0.3, 0.4) is 0 Å². The molecule has 3 rings (SSSR count). The van der Waals surface area contributed by atoms with Crippen LogP contribution in [0, 0.1) is 0 Å². The van der Waals surface area contributed by atoms with Gasteiger partial charge in [0.1, 0.15) is 11.9 Å². The van der Waals surface area contributed by atoms with Crippen molar-refractivity contribution in [2.24, 2.45) is 0 Å². The second-order valence-electron chi connectivity index (χ2n) is 5.19. The molecular formula is C17H17FO2. The Morgan fingerprint density at radius 3 is 2.55 bits per heavy atom. The van der Waals surface area contributed by atoms with E-state index in [2.05, 4.69) is 0 Å². The van der Waals surface area contributed by atoms with E-state index in [4.69, 9.17) is 4.74 Å². The van der Waals surface area contributed by atoms with Crippen molar-refractivity contribution in [1.29, 1.82) is 0 Å². The average molecular weight is 272 g/mol. The lowest BCUT2D eigenvalue weighted by molar-refractivity contribution is -0.0417. The second kappa shape index (κ2) is 5.25. The first kappa shape index (κ1) is 13.1. The maximum Gasteiger partial charge on any atom is 0.127 e. The van der Waals surface area contributed by atoms with Crippen LogP contribution >= 0.6 is 0 Å². The van der Waals surface area contributed by atoms with Gasteiger partial charge in [-0.1, -0.05) is 48.5 Å². The van der Waals surface area contributed by atoms with Crippen LogP contribution < -0.4 is 4.74 Å². The molecule has 0 radical (unpaired) electrons. The summed E-state index contributed by atoms with van der Waals surface area (Å²) in [6.07, 6.45) is 0.219. The zero-order valence-electron chi connectivity index (χ0n) is 11.1. The lowest BCUT2D eigenvalue weighted by Crippen LogP contribution is -2.35. The van der Waals surface area contributed by atoms with Gasteiger partial charge in [-0.2, -0.15) is 0 Å². The Morgan fingerprint density at radius 2 is 1.80 bits per heavy atom. The maximum absolute atomic E-state index is 12.8. The minimum Gasteiger partial charge on any atom is -0.485 e. The standard InChI is InChI=1S/C17H17FO2/c18-11-10-17(19)12-16(13-6-2-1-3-7-13)20-15-9-5-4-8-14(15)17/h1-9,16,19H,10-12H2. The minimum atomic E-state index is -1.16. The van der Waals surface area contributed by atoms with E-state index in [1.807, 2.05) is 54.6 Å². The molecule has 1 N–H and O–H groups in total. The van der Waals surface area contributed by atoms with Gasteiger partial charge in [-0.3, -0.25) is 4.39 Å². The van der Waals surface area contributed by atoms with Crippen molar-refractivity contribution >= 4 is 0 Å². The molecule has 2 atom stereocenters. The molecule has 2 aromatic rings. The van der Waals surface area contributed by atoms with Crippen LogP contribution in [-0.2, 0) is 5.60 Å². The topological polar surface area (TPSA) is 29.5 Å². The lowest BCUT2D eigenvalue weighted by Gasteiger charge is -2.38. The molecule has 20 heavy (non-hydrogen) atoms. The summed E-state index contributed by atoms with van der Waals surface area (Å²) in [5.74, 6) is 0.642. The number of aliphatic hydroxyl groups is 1. The molecule has 0 saturated heterocycles. The summed E-state index contributed by atoms with van der Waals surface area (Å²) in [6, 6.07) is 17.1. The highest BCUT2D eigenvalue weighted by molar-refractivity contribution is 5.41. The molecule has 0 fully saturated rings. The largest absolute Gasteiger partial charge is 0.485 e. The lowest BCUT2D eigenvalue weighted by atomic mass is 9.81. The van der Waals surface area contributed by atoms with Gasteiger partial charge in [0.15, 0.2) is 0 Å². The Bertz CT molecular complexity index is 585. The smallest absolute Gasteiger partial charge is 0.127 e. The molecule has 0 spiro atoms. The molecule has 3 heteroatoms. The molecule has 1 aliphatic rings. The monoisotopic (exact) mass is 272 g/mol. The molecule has 0 saturated carbocycles. The molecule has 2 aromatic carbocycles. The SMILES string of the molecule is OC1(CCF)CC(c2ccccc2)Oc2ccccc21. The number of fused-ring (bicyclic) bond motifs is 1. The van der Waals surface area contributed by atoms with Gasteiger partial charge in [-0.05, 0) is 11.6 Å². The van der Waals surface area contributed by atoms with E-state index in [9.17, 15) is 9.50 Å². The minimum absolute atomic E-state index is 0.0940. The Balaban J connectivity index is 2.00. The maximum atomic E-state index is 12.8. The molecule has 2 nitrogen and oxygen atoms in total. The number of rotatable bonds is 3. The van der Waals surface area contributed by atoms with Crippen molar-refractivity contribution in [3.63, 3.8) is 0 Å². The van der Waals surface area contributed by atoms with Crippen LogP contribution in [0.2, 0.25) is 0 Å². The van der Waals surface area contributed by atoms with Crippen molar-refractivity contribution in [3.8, 4) is 5.75 Å². The van der Waals surface area contributed by atoms with Crippen LogP contribution in [0.1, 0.15) is 30.1 Å². The molecular weight excluding hydrogens is 255 g/mol. The first-order chi connectivity index (χ1) is 9.73. The Kier molecular flexibility index (Phi) is 3.45. The number of ether oxygens (including phenoxy) is 1. The average Bonchev–Trinajstić information content (AvgIpc) is 2.48. The fourth-order valence-corrected chi connectivity index (χ4v) is 2.81. The highest BCUT2D eigenvalue weighted by atomic mass is 19.1. The van der Waals surface area contributed by atoms with E-state index in [-0.39, 0.29) is 12.5 Å². The van der Waals surface area contributed by atoms with E-state index in [1.54, 1.807) is 0 Å². The number of halogens is 1. The van der Waals surface area contributed by atoms with Gasteiger partial charge >= 0.3 is 0 Å². The predicted octanol–water partition coefficient (Wildman–Crippen LogP) is 3.76. The van der Waals surface area contributed by atoms with Crippen LogP contribution in [0.4, 0.5) is 4.39 Å². The van der Waals surface area contributed by atoms with E-state index in [0.29, 0.717) is 17.7 Å². The second-order valence-corrected chi connectivity index (χ2v) is 5.19. The summed E-state index contributed by atoms with van der Waals surface area (Å²) in [5, 5.41) is 10.8. The van der Waals surface area contributed by atoms with Gasteiger partial charge in [0.2, 0.25) is 0 Å². The van der Waals surface area contributed by atoms with Crippen LogP contribution in [0.5, 0.6) is 5.75 Å². The Morgan fingerprint density at radius 1 is 1.10 bits per heavy atom. The van der Waals surface area contributed by atoms with Gasteiger partial charge in [0, 0.05) is 18.4 Å². The molecule has 0 aromatic heterocycles. The van der Waals surface area contributed by atoms with Crippen molar-refractivity contribution in [2.75, 3.05) is 6.67 Å². The summed E-state index contributed by atoms with van der Waals surface area (Å²) in [5.41, 5.74) is 0.522. The fraction of sp³-hybridized carbons (Fsp3) is 0.294. The van der Waals surface area contributed by atoms with Crippen molar-refractivity contribution in [3.05, 3.63) is 65.7 Å². The third kappa shape index (κ3) is 2.29. The zero-order chi connectivity index (χ0) is 14.0. The highest BCUT2D eigenvalue weighted by Crippen LogP contribution is 2.46. The molecule has 104 valence electrons. The quantitative estimate of drug-likeness (QED) is 0.922. The fourth-order valence-electron chi connectivity index (χ4n) is 2.81. The number of benzene rings is 2. The third-order valence-electron chi connectivity index (χ3n) is 3.86. The summed E-state index contributed by atoms with van der Waals surface area (Å²) < 4.78 is 18.8. The summed E-state index contributed by atoms with van der Waals surface area (Å²) in [6.45, 7) is -0.549. The molecule has 0 aliphatic carbocycles. The molecule has 1 heterocycles. The molecule has 0 amide bonds. The molecule has 1 aliphatic heterocycles. The van der Waals surface area contributed by atoms with E-state index < -0.39 is 12.3 Å². The number of hydrogen-bond acceptors (Lipinski definition) is 2. The van der Waals surface area contributed by atoms with Gasteiger partial charge in [-0.25, -0.2) is 0 Å². The van der Waals surface area contributed by atoms with Crippen LogP contribution in [0.25, 0.3) is 0 Å². The number of para-hydroxylation sites is 1. The Hall–Kier alpha value is -1.87. The summed E-state index contributed by atoms with van der Waals surface area (Å²) in [7, 11) is 0. The van der Waals surface area contributed by atoms with E-state index >= 15 is 0 Å². The van der Waals surface area contributed by atoms with E-state index in [1.165, 1.54) is 0 Å². The van der Waals surface area contributed by atoms with E-state index in [0.717, 1.165) is 5.56 Å². The van der Waals surface area contributed by atoms with Gasteiger partial charge < -0.3 is 9.84 Å². The number of hydrogen-bond donors (Lipinski definition) is 1. The molecule has 0 bridgehead atoms. The summed E-state index contributed by atoms with van der Waals surface area (Å²) >= 11 is 0. The van der Waals surface area contributed by atoms with Crippen LogP contribution in [-0.4, -0.2) is 11.8 Å². The van der Waals surface area contributed by atoms with Crippen molar-refractivity contribution in [1.82, 2.24) is 0 Å². The zero-order valence-corrected chi connectivity index (χ0v) is 11.1. The molecule has 2 unspecified atom stereocenters.